The summed E-state index contributed by atoms with van der Waals surface area (Å²) in [4.78, 5) is 9.97. The molecule has 0 saturated heterocycles. The van der Waals surface area contributed by atoms with Gasteiger partial charge in [-0.1, -0.05) is 86.0 Å². The van der Waals surface area contributed by atoms with Crippen LogP contribution in [0.15, 0.2) is 66.7 Å². The first-order valence-electron chi connectivity index (χ1n) is 8.51. The molecular weight excluding hydrogens is 282 g/mol. The lowest BCUT2D eigenvalue weighted by Gasteiger charge is -2.20. The van der Waals surface area contributed by atoms with Crippen molar-refractivity contribution >= 4 is 6.29 Å². The fourth-order valence-electron chi connectivity index (χ4n) is 2.49. The molecule has 1 aliphatic rings. The van der Waals surface area contributed by atoms with Crippen LogP contribution in [-0.4, -0.2) is 19.4 Å². The molecule has 2 aromatic carbocycles. The first-order chi connectivity index (χ1) is 11.4. The summed E-state index contributed by atoms with van der Waals surface area (Å²) >= 11 is 0. The molecule has 2 heteroatoms. The molecule has 1 fully saturated rings. The Labute approximate surface area is 140 Å². The van der Waals surface area contributed by atoms with Gasteiger partial charge in [0.1, 0.15) is 6.29 Å². The Morgan fingerprint density at radius 2 is 1.35 bits per heavy atom. The van der Waals surface area contributed by atoms with E-state index >= 15 is 0 Å². The smallest absolute Gasteiger partial charge is 0.124 e. The minimum absolute atomic E-state index is 0.529. The fraction of sp³-hybridized carbons (Fsp3) is 0.381. The Morgan fingerprint density at radius 1 is 0.870 bits per heavy atom. The SMILES string of the molecule is CNC1CCCCC1.O=CCc1ccccc1.c1ccccc1. The van der Waals surface area contributed by atoms with Gasteiger partial charge < -0.3 is 10.1 Å². The van der Waals surface area contributed by atoms with Gasteiger partial charge >= 0.3 is 0 Å². The molecule has 2 aromatic rings. The summed E-state index contributed by atoms with van der Waals surface area (Å²) in [5.41, 5.74) is 1.08. The number of hydrogen-bond acceptors (Lipinski definition) is 2. The van der Waals surface area contributed by atoms with Gasteiger partial charge in [-0.3, -0.25) is 0 Å². The Hall–Kier alpha value is -1.93. The first-order valence-corrected chi connectivity index (χ1v) is 8.51. The summed E-state index contributed by atoms with van der Waals surface area (Å²) in [6, 6.07) is 22.5. The van der Waals surface area contributed by atoms with E-state index in [1.165, 1.54) is 32.1 Å². The van der Waals surface area contributed by atoms with Crippen molar-refractivity contribution in [1.29, 1.82) is 0 Å². The summed E-state index contributed by atoms with van der Waals surface area (Å²) < 4.78 is 0. The van der Waals surface area contributed by atoms with Crippen LogP contribution in [0.25, 0.3) is 0 Å². The van der Waals surface area contributed by atoms with Gasteiger partial charge in [0.25, 0.3) is 0 Å². The maximum Gasteiger partial charge on any atom is 0.124 e. The number of hydrogen-bond donors (Lipinski definition) is 1. The Bertz CT molecular complexity index is 451. The molecule has 124 valence electrons. The molecular formula is C21H29NO. The summed E-state index contributed by atoms with van der Waals surface area (Å²) in [5.74, 6) is 0. The highest BCUT2D eigenvalue weighted by molar-refractivity contribution is 5.54. The van der Waals surface area contributed by atoms with Gasteiger partial charge in [0.15, 0.2) is 0 Å². The monoisotopic (exact) mass is 311 g/mol. The van der Waals surface area contributed by atoms with Crippen LogP contribution in [0, 0.1) is 0 Å². The zero-order valence-electron chi connectivity index (χ0n) is 14.2. The topological polar surface area (TPSA) is 29.1 Å². The number of benzene rings is 2. The molecule has 0 atom stereocenters. The molecule has 23 heavy (non-hydrogen) atoms. The normalized spacial score (nSPS) is 13.8. The standard InChI is InChI=1S/C8H8O.C7H15N.C6H6/c9-7-6-8-4-2-1-3-5-8;1-8-7-5-3-2-4-6-7;1-2-4-6-5-3-1/h1-5,7H,6H2;7-8H,2-6H2,1H3;1-6H. The highest BCUT2D eigenvalue weighted by Crippen LogP contribution is 2.16. The van der Waals surface area contributed by atoms with E-state index in [-0.39, 0.29) is 0 Å². The van der Waals surface area contributed by atoms with E-state index in [0.717, 1.165) is 17.9 Å². The van der Waals surface area contributed by atoms with Gasteiger partial charge in [-0.25, -0.2) is 0 Å². The van der Waals surface area contributed by atoms with Crippen molar-refractivity contribution in [2.75, 3.05) is 7.05 Å². The van der Waals surface area contributed by atoms with E-state index in [4.69, 9.17) is 0 Å². The molecule has 0 aliphatic heterocycles. The zero-order chi connectivity index (χ0) is 16.6. The van der Waals surface area contributed by atoms with Crippen LogP contribution in [-0.2, 0) is 11.2 Å². The molecule has 0 radical (unpaired) electrons. The van der Waals surface area contributed by atoms with Crippen LogP contribution in [0.4, 0.5) is 0 Å². The Balaban J connectivity index is 0.000000176. The third-order valence-electron chi connectivity index (χ3n) is 3.84. The van der Waals surface area contributed by atoms with Crippen molar-refractivity contribution in [2.24, 2.45) is 0 Å². The Kier molecular flexibility index (Phi) is 11.4. The molecule has 3 rings (SSSR count). The second-order valence-electron chi connectivity index (χ2n) is 5.63. The van der Waals surface area contributed by atoms with E-state index in [2.05, 4.69) is 12.4 Å². The van der Waals surface area contributed by atoms with E-state index in [0.29, 0.717) is 6.42 Å². The summed E-state index contributed by atoms with van der Waals surface area (Å²) in [5, 5.41) is 3.30. The molecule has 0 aromatic heterocycles. The van der Waals surface area contributed by atoms with E-state index in [1.54, 1.807) is 0 Å². The number of carbonyl (C=O) groups excluding carboxylic acids is 1. The third kappa shape index (κ3) is 10.4. The lowest BCUT2D eigenvalue weighted by atomic mass is 9.96. The van der Waals surface area contributed by atoms with Crippen LogP contribution in [0.2, 0.25) is 0 Å². The Morgan fingerprint density at radius 3 is 1.74 bits per heavy atom. The zero-order valence-corrected chi connectivity index (χ0v) is 14.2. The maximum absolute atomic E-state index is 9.97. The van der Waals surface area contributed by atoms with Crippen LogP contribution in [0.1, 0.15) is 37.7 Å². The van der Waals surface area contributed by atoms with Crippen molar-refractivity contribution in [3.8, 4) is 0 Å². The van der Waals surface area contributed by atoms with Gasteiger partial charge in [-0.05, 0) is 25.5 Å². The van der Waals surface area contributed by atoms with Gasteiger partial charge in [0.05, 0.1) is 0 Å². The van der Waals surface area contributed by atoms with Crippen LogP contribution in [0.5, 0.6) is 0 Å². The van der Waals surface area contributed by atoms with Crippen molar-refractivity contribution < 1.29 is 4.79 Å². The number of carbonyl (C=O) groups is 1. The lowest BCUT2D eigenvalue weighted by Crippen LogP contribution is -2.26. The molecule has 2 nitrogen and oxygen atoms in total. The first kappa shape index (κ1) is 19.1. The van der Waals surface area contributed by atoms with E-state index in [9.17, 15) is 4.79 Å². The predicted molar refractivity (Wildman–Crippen MR) is 98.6 cm³/mol. The molecule has 0 unspecified atom stereocenters. The minimum atomic E-state index is 0.529. The second-order valence-corrected chi connectivity index (χ2v) is 5.63. The second kappa shape index (κ2) is 13.7. The molecule has 0 bridgehead atoms. The fourth-order valence-corrected chi connectivity index (χ4v) is 2.49. The van der Waals surface area contributed by atoms with Crippen molar-refractivity contribution in [1.82, 2.24) is 5.32 Å². The maximum atomic E-state index is 9.97. The minimum Gasteiger partial charge on any atom is -0.317 e. The van der Waals surface area contributed by atoms with Crippen molar-refractivity contribution in [3.63, 3.8) is 0 Å². The highest BCUT2D eigenvalue weighted by Gasteiger charge is 2.09. The van der Waals surface area contributed by atoms with Gasteiger partial charge in [-0.2, -0.15) is 0 Å². The van der Waals surface area contributed by atoms with Crippen LogP contribution in [0.3, 0.4) is 0 Å². The summed E-state index contributed by atoms with van der Waals surface area (Å²) in [6.07, 6.45) is 8.57. The number of aldehydes is 1. The average molecular weight is 311 g/mol. The lowest BCUT2D eigenvalue weighted by molar-refractivity contribution is -0.107. The highest BCUT2D eigenvalue weighted by atomic mass is 16.1. The largest absolute Gasteiger partial charge is 0.317 e. The molecule has 1 saturated carbocycles. The average Bonchev–Trinajstić information content (AvgIpc) is 2.66. The van der Waals surface area contributed by atoms with Crippen LogP contribution < -0.4 is 5.32 Å². The summed E-state index contributed by atoms with van der Waals surface area (Å²) in [7, 11) is 2.07. The quantitative estimate of drug-likeness (QED) is 0.836. The molecule has 0 amide bonds. The molecule has 0 heterocycles. The van der Waals surface area contributed by atoms with Crippen LogP contribution >= 0.6 is 0 Å². The predicted octanol–water partition coefficient (Wildman–Crippen LogP) is 4.65. The van der Waals surface area contributed by atoms with E-state index < -0.39 is 0 Å². The van der Waals surface area contributed by atoms with Gasteiger partial charge in [-0.15, -0.1) is 0 Å². The number of rotatable bonds is 3. The van der Waals surface area contributed by atoms with Gasteiger partial charge in [0, 0.05) is 12.5 Å². The number of nitrogens with one attached hydrogen (secondary N) is 1. The summed E-state index contributed by atoms with van der Waals surface area (Å²) in [6.45, 7) is 0. The molecule has 0 spiro atoms. The van der Waals surface area contributed by atoms with Gasteiger partial charge in [0.2, 0.25) is 0 Å². The molecule has 1 N–H and O–H groups in total. The van der Waals surface area contributed by atoms with Crippen molar-refractivity contribution in [2.45, 2.75) is 44.6 Å². The van der Waals surface area contributed by atoms with E-state index in [1.807, 2.05) is 66.7 Å². The molecule has 1 aliphatic carbocycles. The third-order valence-corrected chi connectivity index (χ3v) is 3.84. The van der Waals surface area contributed by atoms with Crippen molar-refractivity contribution in [3.05, 3.63) is 72.3 Å².